The van der Waals surface area contributed by atoms with Gasteiger partial charge in [-0.3, -0.25) is 4.57 Å². The van der Waals surface area contributed by atoms with E-state index >= 15 is 0 Å². The molecule has 6 atom stereocenters. The van der Waals surface area contributed by atoms with Crippen LogP contribution in [-0.4, -0.2) is 91.8 Å². The van der Waals surface area contributed by atoms with Crippen LogP contribution in [0.5, 0.6) is 0 Å². The Morgan fingerprint density at radius 1 is 1.46 bits per heavy atom. The molecular weight excluding hydrogens is 367 g/mol. The summed E-state index contributed by atoms with van der Waals surface area (Å²) in [4.78, 5) is 27.7. The zero-order chi connectivity index (χ0) is 19.8. The van der Waals surface area contributed by atoms with Crippen LogP contribution < -0.4 is 16.3 Å². The molecule has 1 fully saturated rings. The molecular formula is C14H24N4O7P+. The summed E-state index contributed by atoms with van der Waals surface area (Å²) < 4.78 is 6.55. The highest BCUT2D eigenvalue weighted by Crippen LogP contribution is 2.36. The average Bonchev–Trinajstić information content (AvgIpc) is 2.80. The molecule has 0 saturated carbocycles. The lowest BCUT2D eigenvalue weighted by Gasteiger charge is -2.23. The van der Waals surface area contributed by atoms with Gasteiger partial charge in [-0.1, -0.05) is 0 Å². The maximum atomic E-state index is 12.3. The third-order valence-corrected chi connectivity index (χ3v) is 5.23. The van der Waals surface area contributed by atoms with Gasteiger partial charge in [0, 0.05) is 6.20 Å². The lowest BCUT2D eigenvalue weighted by molar-refractivity contribution is -0.861. The second kappa shape index (κ2) is 7.67. The summed E-state index contributed by atoms with van der Waals surface area (Å²) in [6, 6.07) is 1.30. The van der Waals surface area contributed by atoms with Gasteiger partial charge >= 0.3 is 5.69 Å². The van der Waals surface area contributed by atoms with Crippen LogP contribution in [0.25, 0.3) is 0 Å². The van der Waals surface area contributed by atoms with E-state index in [1.54, 1.807) is 21.1 Å². The van der Waals surface area contributed by atoms with Crippen molar-refractivity contribution in [3.05, 3.63) is 22.7 Å². The van der Waals surface area contributed by atoms with Gasteiger partial charge in [-0.05, 0) is 6.07 Å². The molecule has 11 nitrogen and oxygen atoms in total. The number of nitrogens with zero attached hydrogens (tertiary/aromatic N) is 3. The minimum atomic E-state index is -2.68. The molecule has 0 aliphatic carbocycles. The fraction of sp³-hybridized carbons (Fsp3) is 0.643. The third kappa shape index (κ3) is 4.45. The van der Waals surface area contributed by atoms with E-state index in [0.29, 0.717) is 0 Å². The monoisotopic (exact) mass is 391 g/mol. The first-order valence-electron chi connectivity index (χ1n) is 7.78. The molecule has 2 rings (SSSR count). The molecule has 1 aliphatic rings. The summed E-state index contributed by atoms with van der Waals surface area (Å²) >= 11 is 0. The number of hydrogen-bond donors (Lipinski definition) is 5. The average molecular weight is 391 g/mol. The number of nitrogen functional groups attached to an aromatic ring is 1. The Morgan fingerprint density at radius 2 is 2.08 bits per heavy atom. The minimum absolute atomic E-state index is 0.0163. The molecule has 0 spiro atoms. The standard InChI is InChI=1S/C14H23N4O7P/c1-18(2,3)6-8(19)26(24)13(22)11-9(20)10(21)12(25-11)17-5-4-7(15)16-14(17)23/h4-5,9-13,20-22H,6H2,1-3H3,(H2-,15,16,19,23)/p+1/t9-,10+,11-,12+,13?/m0/s1. The topological polar surface area (TPSA) is 174 Å². The molecule has 1 aromatic heterocycles. The first-order valence-corrected chi connectivity index (χ1v) is 9.11. The van der Waals surface area contributed by atoms with Gasteiger partial charge < -0.3 is 40.3 Å². The van der Waals surface area contributed by atoms with Gasteiger partial charge in [-0.2, -0.15) is 4.98 Å². The quantitative estimate of drug-likeness (QED) is 0.255. The van der Waals surface area contributed by atoms with Crippen molar-refractivity contribution in [2.24, 2.45) is 0 Å². The Kier molecular flexibility index (Phi) is 6.16. The zero-order valence-corrected chi connectivity index (χ0v) is 15.5. The first kappa shape index (κ1) is 20.9. The number of aliphatic hydroxyl groups excluding tert-OH is 4. The summed E-state index contributed by atoms with van der Waals surface area (Å²) in [5.74, 6) is -1.80. The van der Waals surface area contributed by atoms with Gasteiger partial charge in [-0.25, -0.2) is 4.79 Å². The number of rotatable bonds is 5. The highest BCUT2D eigenvalue weighted by molar-refractivity contribution is 7.51. The molecule has 26 heavy (non-hydrogen) atoms. The largest absolute Gasteiger partial charge is 0.626 e. The fourth-order valence-electron chi connectivity index (χ4n) is 2.56. The first-order chi connectivity index (χ1) is 11.9. The van der Waals surface area contributed by atoms with Crippen molar-refractivity contribution >= 4 is 19.1 Å². The second-order valence-corrected chi connectivity index (χ2v) is 8.82. The van der Waals surface area contributed by atoms with Crippen molar-refractivity contribution in [2.75, 3.05) is 33.4 Å². The molecule has 1 aliphatic heterocycles. The van der Waals surface area contributed by atoms with E-state index in [9.17, 15) is 30.1 Å². The van der Waals surface area contributed by atoms with Gasteiger partial charge in [0.2, 0.25) is 5.85 Å². The highest BCUT2D eigenvalue weighted by Gasteiger charge is 2.50. The molecule has 0 amide bonds. The normalized spacial score (nSPS) is 28.8. The number of ether oxygens (including phenoxy) is 1. The predicted molar refractivity (Wildman–Crippen MR) is 91.6 cm³/mol. The maximum absolute atomic E-state index is 12.3. The van der Waals surface area contributed by atoms with Crippen LogP contribution in [0.1, 0.15) is 6.23 Å². The Bertz CT molecular complexity index is 748. The minimum Gasteiger partial charge on any atom is -0.626 e. The van der Waals surface area contributed by atoms with Crippen LogP contribution in [0, 0.1) is 0 Å². The van der Waals surface area contributed by atoms with Crippen molar-refractivity contribution in [3.8, 4) is 0 Å². The summed E-state index contributed by atoms with van der Waals surface area (Å²) in [6.45, 7) is 0.0163. The van der Waals surface area contributed by atoms with Crippen molar-refractivity contribution in [1.29, 1.82) is 0 Å². The summed E-state index contributed by atoms with van der Waals surface area (Å²) in [6.07, 6.45) is -4.82. The SMILES string of the molecule is C[N+](C)(C)CC(O)=[P+]([O-])C(O)[C@H]1O[C@@H](n2ccc(N)nc2=O)[C@H](O)[C@@H]1O. The van der Waals surface area contributed by atoms with Crippen molar-refractivity contribution < 1.29 is 34.5 Å². The molecule has 12 heteroatoms. The molecule has 0 bridgehead atoms. The van der Waals surface area contributed by atoms with Crippen LogP contribution in [0.3, 0.4) is 0 Å². The molecule has 1 aromatic rings. The summed E-state index contributed by atoms with van der Waals surface area (Å²) in [5.41, 5.74) is 4.14. The third-order valence-electron chi connectivity index (χ3n) is 3.81. The number of quaternary nitrogens is 1. The Labute approximate surface area is 150 Å². The van der Waals surface area contributed by atoms with E-state index in [1.807, 2.05) is 0 Å². The number of anilines is 1. The fourth-order valence-corrected chi connectivity index (χ4v) is 3.94. The Morgan fingerprint density at radius 3 is 2.62 bits per heavy atom. The van der Waals surface area contributed by atoms with E-state index in [0.717, 1.165) is 4.57 Å². The van der Waals surface area contributed by atoms with E-state index in [1.165, 1.54) is 12.3 Å². The van der Waals surface area contributed by atoms with Gasteiger partial charge in [0.15, 0.2) is 18.9 Å². The van der Waals surface area contributed by atoms with Gasteiger partial charge in [-0.15, -0.1) is 0 Å². The van der Waals surface area contributed by atoms with Crippen LogP contribution >= 0.6 is 7.77 Å². The Balaban J connectivity index is 2.26. The van der Waals surface area contributed by atoms with Crippen molar-refractivity contribution in [2.45, 2.75) is 30.4 Å². The molecule has 1 saturated heterocycles. The molecule has 2 unspecified atom stereocenters. The maximum Gasteiger partial charge on any atom is 0.351 e. The van der Waals surface area contributed by atoms with Gasteiger partial charge in [0.05, 0.1) is 21.1 Å². The lowest BCUT2D eigenvalue weighted by atomic mass is 10.1. The van der Waals surface area contributed by atoms with Crippen LogP contribution in [0.4, 0.5) is 5.82 Å². The molecule has 0 aromatic carbocycles. The van der Waals surface area contributed by atoms with Crippen molar-refractivity contribution in [3.63, 3.8) is 0 Å². The van der Waals surface area contributed by atoms with Crippen LogP contribution in [0.15, 0.2) is 17.1 Å². The molecule has 0 radical (unpaired) electrons. The number of hydrogen-bond acceptors (Lipinski definition) is 8. The molecule has 6 N–H and O–H groups in total. The molecule has 146 valence electrons. The number of likely N-dealkylation sites (N-methyl/N-ethyl adjacent to an activating group) is 1. The molecule has 2 heterocycles. The Hall–Kier alpha value is -1.43. The van der Waals surface area contributed by atoms with Crippen molar-refractivity contribution in [1.82, 2.24) is 9.55 Å². The van der Waals surface area contributed by atoms with E-state index in [-0.39, 0.29) is 16.8 Å². The summed E-state index contributed by atoms with van der Waals surface area (Å²) in [5, 5.41) is 40.5. The van der Waals surface area contributed by atoms with Gasteiger partial charge in [0.25, 0.3) is 5.48 Å². The van der Waals surface area contributed by atoms with E-state index in [4.69, 9.17) is 10.5 Å². The summed E-state index contributed by atoms with van der Waals surface area (Å²) in [7, 11) is 2.59. The predicted octanol–water partition coefficient (Wildman–Crippen LogP) is -3.27. The van der Waals surface area contributed by atoms with Crippen LogP contribution in [-0.2, 0) is 4.74 Å². The highest BCUT2D eigenvalue weighted by atomic mass is 31.1. The lowest BCUT2D eigenvalue weighted by Crippen LogP contribution is -2.42. The number of nitrogens with two attached hydrogens (primary N) is 1. The zero-order valence-electron chi connectivity index (χ0n) is 14.6. The smallest absolute Gasteiger partial charge is 0.351 e. The van der Waals surface area contributed by atoms with Crippen LogP contribution in [0.2, 0.25) is 0 Å². The second-order valence-electron chi connectivity index (χ2n) is 7.12. The number of aliphatic hydroxyl groups is 4. The van der Waals surface area contributed by atoms with Gasteiger partial charge in [0.1, 0.15) is 25.8 Å². The van der Waals surface area contributed by atoms with E-state index < -0.39 is 49.3 Å². The number of aromatic nitrogens is 2. The van der Waals surface area contributed by atoms with E-state index in [2.05, 4.69) is 4.98 Å².